The van der Waals surface area contributed by atoms with Crippen LogP contribution in [0.1, 0.15) is 36.3 Å². The third kappa shape index (κ3) is 2.96. The molecule has 1 saturated carbocycles. The number of hydrogen-bond donors (Lipinski definition) is 1. The van der Waals surface area contributed by atoms with Gasteiger partial charge < -0.3 is 9.88 Å². The van der Waals surface area contributed by atoms with E-state index in [9.17, 15) is 4.39 Å². The minimum atomic E-state index is -0.147. The summed E-state index contributed by atoms with van der Waals surface area (Å²) in [4.78, 5) is 0. The molecule has 0 radical (unpaired) electrons. The summed E-state index contributed by atoms with van der Waals surface area (Å²) in [5, 5.41) is 4.76. The van der Waals surface area contributed by atoms with E-state index in [1.807, 2.05) is 13.1 Å². The Morgan fingerprint density at radius 2 is 1.96 bits per heavy atom. The SMILES string of the molecule is Cn1cc([C@H]2CC[C@H](NCc3ccccc3)C2)c2cc(F)ccc21. The second-order valence-corrected chi connectivity index (χ2v) is 6.93. The van der Waals surface area contributed by atoms with Gasteiger partial charge in [-0.15, -0.1) is 0 Å². The monoisotopic (exact) mass is 322 g/mol. The van der Waals surface area contributed by atoms with E-state index in [1.165, 1.54) is 24.0 Å². The topological polar surface area (TPSA) is 17.0 Å². The van der Waals surface area contributed by atoms with Crippen molar-refractivity contribution in [1.29, 1.82) is 0 Å². The van der Waals surface area contributed by atoms with E-state index in [4.69, 9.17) is 0 Å². The zero-order chi connectivity index (χ0) is 16.5. The van der Waals surface area contributed by atoms with Gasteiger partial charge in [0.05, 0.1) is 0 Å². The van der Waals surface area contributed by atoms with E-state index in [2.05, 4.69) is 46.4 Å². The standard InChI is InChI=1S/C21H23FN2/c1-24-14-20(19-12-17(22)8-10-21(19)24)16-7-9-18(11-16)23-13-15-5-3-2-4-6-15/h2-6,8,10,12,14,16,18,23H,7,9,11,13H2,1H3/t16-,18-/m0/s1. The third-order valence-electron chi connectivity index (χ3n) is 5.29. The molecule has 2 atom stereocenters. The highest BCUT2D eigenvalue weighted by Crippen LogP contribution is 2.38. The van der Waals surface area contributed by atoms with Crippen LogP contribution in [0.15, 0.2) is 54.7 Å². The van der Waals surface area contributed by atoms with Gasteiger partial charge in [0.1, 0.15) is 5.82 Å². The zero-order valence-electron chi connectivity index (χ0n) is 14.0. The minimum Gasteiger partial charge on any atom is -0.350 e. The van der Waals surface area contributed by atoms with Crippen LogP contribution in [0.4, 0.5) is 4.39 Å². The van der Waals surface area contributed by atoms with Crippen LogP contribution in [-0.2, 0) is 13.6 Å². The number of hydrogen-bond acceptors (Lipinski definition) is 1. The number of halogens is 1. The first-order valence-electron chi connectivity index (χ1n) is 8.72. The Balaban J connectivity index is 1.48. The smallest absolute Gasteiger partial charge is 0.123 e. The number of aryl methyl sites for hydroxylation is 1. The van der Waals surface area contributed by atoms with Gasteiger partial charge in [-0.1, -0.05) is 30.3 Å². The van der Waals surface area contributed by atoms with Crippen molar-refractivity contribution < 1.29 is 4.39 Å². The Bertz CT molecular complexity index is 838. The van der Waals surface area contributed by atoms with Crippen molar-refractivity contribution in [2.75, 3.05) is 0 Å². The molecule has 1 aliphatic rings. The number of aromatic nitrogens is 1. The lowest BCUT2D eigenvalue weighted by Gasteiger charge is -2.13. The fourth-order valence-electron chi connectivity index (χ4n) is 4.03. The molecule has 0 bridgehead atoms. The molecular weight excluding hydrogens is 299 g/mol. The first-order chi connectivity index (χ1) is 11.7. The van der Waals surface area contributed by atoms with Crippen LogP contribution < -0.4 is 5.32 Å². The Hall–Kier alpha value is -2.13. The Labute approximate surface area is 142 Å². The number of nitrogens with zero attached hydrogens (tertiary/aromatic N) is 1. The average Bonchev–Trinajstić information content (AvgIpc) is 3.18. The normalized spacial score (nSPS) is 20.8. The average molecular weight is 322 g/mol. The summed E-state index contributed by atoms with van der Waals surface area (Å²) >= 11 is 0. The summed E-state index contributed by atoms with van der Waals surface area (Å²) < 4.78 is 15.8. The number of fused-ring (bicyclic) bond motifs is 1. The van der Waals surface area contributed by atoms with Crippen molar-refractivity contribution in [3.8, 4) is 0 Å². The molecule has 1 aromatic heterocycles. The highest BCUT2D eigenvalue weighted by atomic mass is 19.1. The minimum absolute atomic E-state index is 0.147. The van der Waals surface area contributed by atoms with E-state index >= 15 is 0 Å². The first kappa shape index (κ1) is 15.4. The summed E-state index contributed by atoms with van der Waals surface area (Å²) in [5.41, 5.74) is 3.75. The highest BCUT2D eigenvalue weighted by Gasteiger charge is 2.27. The summed E-state index contributed by atoms with van der Waals surface area (Å²) in [6.45, 7) is 0.919. The van der Waals surface area contributed by atoms with Gasteiger partial charge in [0.2, 0.25) is 0 Å². The number of benzene rings is 2. The zero-order valence-corrected chi connectivity index (χ0v) is 14.0. The van der Waals surface area contributed by atoms with Gasteiger partial charge in [0.15, 0.2) is 0 Å². The number of rotatable bonds is 4. The molecule has 0 saturated heterocycles. The molecule has 1 aliphatic carbocycles. The van der Waals surface area contributed by atoms with Gasteiger partial charge in [0.25, 0.3) is 0 Å². The summed E-state index contributed by atoms with van der Waals surface area (Å²) in [7, 11) is 2.05. The molecule has 2 aromatic carbocycles. The van der Waals surface area contributed by atoms with Gasteiger partial charge in [-0.2, -0.15) is 0 Å². The molecule has 124 valence electrons. The van der Waals surface area contributed by atoms with Crippen LogP contribution in [0.3, 0.4) is 0 Å². The molecule has 4 rings (SSSR count). The van der Waals surface area contributed by atoms with Crippen LogP contribution in [0.5, 0.6) is 0 Å². The fourth-order valence-corrected chi connectivity index (χ4v) is 4.03. The van der Waals surface area contributed by atoms with Crippen LogP contribution in [-0.4, -0.2) is 10.6 Å². The van der Waals surface area contributed by atoms with E-state index in [0.29, 0.717) is 12.0 Å². The van der Waals surface area contributed by atoms with Crippen molar-refractivity contribution in [1.82, 2.24) is 9.88 Å². The Morgan fingerprint density at radius 3 is 2.79 bits per heavy atom. The molecule has 0 unspecified atom stereocenters. The van der Waals surface area contributed by atoms with Crippen molar-refractivity contribution in [2.24, 2.45) is 7.05 Å². The summed E-state index contributed by atoms with van der Waals surface area (Å²) in [5.74, 6) is 0.371. The maximum Gasteiger partial charge on any atom is 0.123 e. The van der Waals surface area contributed by atoms with Crippen LogP contribution in [0.2, 0.25) is 0 Å². The van der Waals surface area contributed by atoms with Gasteiger partial charge in [-0.05, 0) is 54.5 Å². The van der Waals surface area contributed by atoms with Crippen molar-refractivity contribution in [2.45, 2.75) is 37.8 Å². The molecule has 1 N–H and O–H groups in total. The molecule has 24 heavy (non-hydrogen) atoms. The predicted octanol–water partition coefficient (Wildman–Crippen LogP) is 4.74. The lowest BCUT2D eigenvalue weighted by Crippen LogP contribution is -2.25. The highest BCUT2D eigenvalue weighted by molar-refractivity contribution is 5.84. The second kappa shape index (κ2) is 6.40. The van der Waals surface area contributed by atoms with Gasteiger partial charge >= 0.3 is 0 Å². The maximum atomic E-state index is 13.7. The van der Waals surface area contributed by atoms with Crippen molar-refractivity contribution in [3.63, 3.8) is 0 Å². The van der Waals surface area contributed by atoms with Gasteiger partial charge in [0, 0.05) is 36.7 Å². The quantitative estimate of drug-likeness (QED) is 0.734. The molecule has 0 aliphatic heterocycles. The molecule has 2 nitrogen and oxygen atoms in total. The van der Waals surface area contributed by atoms with E-state index in [0.717, 1.165) is 23.9 Å². The second-order valence-electron chi connectivity index (χ2n) is 6.93. The fraction of sp³-hybridized carbons (Fsp3) is 0.333. The molecule has 3 aromatic rings. The largest absolute Gasteiger partial charge is 0.350 e. The molecular formula is C21H23FN2. The lowest BCUT2D eigenvalue weighted by atomic mass is 9.97. The molecule has 0 spiro atoms. The third-order valence-corrected chi connectivity index (χ3v) is 5.29. The van der Waals surface area contributed by atoms with Gasteiger partial charge in [-0.25, -0.2) is 4.39 Å². The predicted molar refractivity (Wildman–Crippen MR) is 96.5 cm³/mol. The van der Waals surface area contributed by atoms with Crippen molar-refractivity contribution in [3.05, 3.63) is 71.7 Å². The van der Waals surface area contributed by atoms with E-state index < -0.39 is 0 Å². The van der Waals surface area contributed by atoms with Crippen LogP contribution in [0, 0.1) is 5.82 Å². The van der Waals surface area contributed by atoms with E-state index in [1.54, 1.807) is 12.1 Å². The van der Waals surface area contributed by atoms with Crippen molar-refractivity contribution >= 4 is 10.9 Å². The molecule has 0 amide bonds. The first-order valence-corrected chi connectivity index (χ1v) is 8.72. The number of nitrogens with one attached hydrogen (secondary N) is 1. The maximum absolute atomic E-state index is 13.7. The Kier molecular flexibility index (Phi) is 4.11. The molecule has 1 heterocycles. The van der Waals surface area contributed by atoms with Gasteiger partial charge in [-0.3, -0.25) is 0 Å². The molecule has 1 fully saturated rings. The summed E-state index contributed by atoms with van der Waals surface area (Å²) in [6, 6.07) is 16.2. The molecule has 3 heteroatoms. The van der Waals surface area contributed by atoms with E-state index in [-0.39, 0.29) is 5.82 Å². The van der Waals surface area contributed by atoms with Crippen LogP contribution >= 0.6 is 0 Å². The van der Waals surface area contributed by atoms with Crippen LogP contribution in [0.25, 0.3) is 10.9 Å². The Morgan fingerprint density at radius 1 is 1.12 bits per heavy atom. The summed E-state index contributed by atoms with van der Waals surface area (Å²) in [6.07, 6.45) is 5.67. The lowest BCUT2D eigenvalue weighted by molar-refractivity contribution is 0.517.